The van der Waals surface area contributed by atoms with E-state index in [0.29, 0.717) is 19.3 Å². The Morgan fingerprint density at radius 1 is 1.00 bits per heavy atom. The Morgan fingerprint density at radius 2 is 1.61 bits per heavy atom. The normalized spacial score (nSPS) is 13.6. The molecule has 0 fully saturated rings. The molecule has 0 saturated carbocycles. The number of hydrogen-bond donors (Lipinski definition) is 3. The predicted octanol–water partition coefficient (Wildman–Crippen LogP) is 1.72. The molecule has 0 saturated heterocycles. The lowest BCUT2D eigenvalue weighted by atomic mass is 10.0. The molecule has 1 aromatic rings. The summed E-state index contributed by atoms with van der Waals surface area (Å²) in [5.41, 5.74) is 0.873. The Morgan fingerprint density at radius 3 is 2.16 bits per heavy atom. The summed E-state index contributed by atoms with van der Waals surface area (Å²) in [6.07, 6.45) is 3.27. The predicted molar refractivity (Wildman–Crippen MR) is 118 cm³/mol. The van der Waals surface area contributed by atoms with Gasteiger partial charge in [0.25, 0.3) is 0 Å². The summed E-state index contributed by atoms with van der Waals surface area (Å²) in [7, 11) is 1.27. The summed E-state index contributed by atoms with van der Waals surface area (Å²) in [6.45, 7) is 5.86. The summed E-state index contributed by atoms with van der Waals surface area (Å²) in [5.74, 6) is -1.32. The van der Waals surface area contributed by atoms with Gasteiger partial charge < -0.3 is 20.7 Å². The zero-order valence-electron chi connectivity index (χ0n) is 18.9. The van der Waals surface area contributed by atoms with Gasteiger partial charge in [-0.25, -0.2) is 4.79 Å². The largest absolute Gasteiger partial charge is 0.467 e. The lowest BCUT2D eigenvalue weighted by Gasteiger charge is -2.25. The van der Waals surface area contributed by atoms with Crippen molar-refractivity contribution in [2.75, 3.05) is 7.11 Å². The van der Waals surface area contributed by atoms with Crippen LogP contribution in [0.15, 0.2) is 30.3 Å². The van der Waals surface area contributed by atoms with Crippen LogP contribution in [0.25, 0.3) is 0 Å². The zero-order valence-corrected chi connectivity index (χ0v) is 18.9. The van der Waals surface area contributed by atoms with Crippen LogP contribution in [0.4, 0.5) is 0 Å². The summed E-state index contributed by atoms with van der Waals surface area (Å²) in [4.78, 5) is 48.8. The Hall–Kier alpha value is -2.90. The van der Waals surface area contributed by atoms with Gasteiger partial charge >= 0.3 is 5.97 Å². The van der Waals surface area contributed by atoms with Crippen LogP contribution >= 0.6 is 0 Å². The SMILES string of the molecule is CCCCC(NC=O)C(=O)NC(CC(C)C)C(=O)NC(Cc1ccccc1)C(=O)OC. The third kappa shape index (κ3) is 9.63. The highest BCUT2D eigenvalue weighted by Gasteiger charge is 2.29. The van der Waals surface area contributed by atoms with E-state index in [1.54, 1.807) is 0 Å². The van der Waals surface area contributed by atoms with Crippen LogP contribution in [-0.2, 0) is 30.3 Å². The monoisotopic (exact) mass is 433 g/mol. The van der Waals surface area contributed by atoms with Crippen molar-refractivity contribution in [3.63, 3.8) is 0 Å². The lowest BCUT2D eigenvalue weighted by Crippen LogP contribution is -2.55. The van der Waals surface area contributed by atoms with E-state index in [2.05, 4.69) is 16.0 Å². The number of rotatable bonds is 14. The minimum atomic E-state index is -0.879. The number of carbonyl (C=O) groups is 4. The third-order valence-electron chi connectivity index (χ3n) is 4.86. The molecule has 3 atom stereocenters. The Labute approximate surface area is 184 Å². The molecule has 0 heterocycles. The van der Waals surface area contributed by atoms with Gasteiger partial charge in [0.2, 0.25) is 18.2 Å². The fraction of sp³-hybridized carbons (Fsp3) is 0.565. The van der Waals surface area contributed by atoms with Crippen LogP contribution in [0, 0.1) is 5.92 Å². The fourth-order valence-electron chi connectivity index (χ4n) is 3.21. The number of hydrogen-bond acceptors (Lipinski definition) is 5. The highest BCUT2D eigenvalue weighted by Crippen LogP contribution is 2.10. The van der Waals surface area contributed by atoms with E-state index in [4.69, 9.17) is 4.74 Å². The molecule has 0 aliphatic rings. The highest BCUT2D eigenvalue weighted by molar-refractivity contribution is 5.92. The summed E-state index contributed by atoms with van der Waals surface area (Å²) in [5, 5.41) is 7.98. The highest BCUT2D eigenvalue weighted by atomic mass is 16.5. The van der Waals surface area contributed by atoms with Gasteiger partial charge in [-0.1, -0.05) is 63.9 Å². The van der Waals surface area contributed by atoms with Gasteiger partial charge in [-0.05, 0) is 24.3 Å². The molecule has 3 N–H and O–H groups in total. The molecule has 3 amide bonds. The number of benzene rings is 1. The minimum absolute atomic E-state index is 0.120. The van der Waals surface area contributed by atoms with Crippen LogP contribution < -0.4 is 16.0 Å². The average Bonchev–Trinajstić information content (AvgIpc) is 2.75. The zero-order chi connectivity index (χ0) is 23.2. The number of unbranched alkanes of at least 4 members (excludes halogenated alkanes) is 1. The molecule has 31 heavy (non-hydrogen) atoms. The molecule has 8 heteroatoms. The standard InChI is InChI=1S/C23H35N3O5/c1-5-6-12-18(24-15-27)21(28)25-19(13-16(2)3)22(29)26-20(23(30)31-4)14-17-10-8-7-9-11-17/h7-11,15-16,18-20H,5-6,12-14H2,1-4H3,(H,24,27)(H,25,28)(H,26,29). The number of methoxy groups -OCH3 is 1. The Kier molecular flexibility index (Phi) is 11.9. The topological polar surface area (TPSA) is 114 Å². The van der Waals surface area contributed by atoms with E-state index < -0.39 is 35.9 Å². The van der Waals surface area contributed by atoms with Crippen LogP contribution in [-0.4, -0.2) is 49.4 Å². The van der Waals surface area contributed by atoms with Gasteiger partial charge in [0.05, 0.1) is 7.11 Å². The van der Waals surface area contributed by atoms with Crippen molar-refractivity contribution < 1.29 is 23.9 Å². The summed E-state index contributed by atoms with van der Waals surface area (Å²) >= 11 is 0. The molecule has 3 unspecified atom stereocenters. The molecule has 0 aliphatic carbocycles. The second-order valence-electron chi connectivity index (χ2n) is 7.94. The number of ether oxygens (including phenoxy) is 1. The van der Waals surface area contributed by atoms with Crippen LogP contribution in [0.5, 0.6) is 0 Å². The first kappa shape index (κ1) is 26.1. The summed E-state index contributed by atoms with van der Waals surface area (Å²) in [6, 6.07) is 6.86. The van der Waals surface area contributed by atoms with Crippen molar-refractivity contribution >= 4 is 24.2 Å². The van der Waals surface area contributed by atoms with Crippen molar-refractivity contribution in [3.05, 3.63) is 35.9 Å². The van der Waals surface area contributed by atoms with Crippen LogP contribution in [0.2, 0.25) is 0 Å². The molecule has 0 spiro atoms. The maximum Gasteiger partial charge on any atom is 0.328 e. The smallest absolute Gasteiger partial charge is 0.328 e. The van der Waals surface area contributed by atoms with E-state index in [9.17, 15) is 19.2 Å². The second kappa shape index (κ2) is 14.2. The summed E-state index contributed by atoms with van der Waals surface area (Å²) < 4.78 is 4.85. The van der Waals surface area contributed by atoms with Gasteiger partial charge in [0.15, 0.2) is 0 Å². The van der Waals surface area contributed by atoms with Crippen molar-refractivity contribution in [2.45, 2.75) is 71.0 Å². The Balaban J connectivity index is 2.93. The van der Waals surface area contributed by atoms with E-state index >= 15 is 0 Å². The molecule has 8 nitrogen and oxygen atoms in total. The fourth-order valence-corrected chi connectivity index (χ4v) is 3.21. The maximum atomic E-state index is 13.0. The van der Waals surface area contributed by atoms with E-state index in [1.807, 2.05) is 51.1 Å². The van der Waals surface area contributed by atoms with E-state index in [1.165, 1.54) is 7.11 Å². The quantitative estimate of drug-likeness (QED) is 0.305. The third-order valence-corrected chi connectivity index (χ3v) is 4.86. The molecule has 0 bridgehead atoms. The van der Waals surface area contributed by atoms with Gasteiger partial charge in [0.1, 0.15) is 18.1 Å². The first-order valence-corrected chi connectivity index (χ1v) is 10.7. The van der Waals surface area contributed by atoms with Crippen LogP contribution in [0.1, 0.15) is 52.0 Å². The first-order chi connectivity index (χ1) is 14.8. The van der Waals surface area contributed by atoms with Crippen molar-refractivity contribution in [2.24, 2.45) is 5.92 Å². The average molecular weight is 434 g/mol. The number of carbonyl (C=O) groups excluding carboxylic acids is 4. The molecule has 172 valence electrons. The molecule has 0 radical (unpaired) electrons. The minimum Gasteiger partial charge on any atom is -0.467 e. The van der Waals surface area contributed by atoms with Crippen molar-refractivity contribution in [1.29, 1.82) is 0 Å². The van der Waals surface area contributed by atoms with Crippen LogP contribution in [0.3, 0.4) is 0 Å². The van der Waals surface area contributed by atoms with Crippen molar-refractivity contribution in [3.8, 4) is 0 Å². The molecule has 0 aromatic heterocycles. The maximum absolute atomic E-state index is 13.0. The van der Waals surface area contributed by atoms with E-state index in [-0.39, 0.29) is 12.3 Å². The molecule has 1 rings (SSSR count). The van der Waals surface area contributed by atoms with Gasteiger partial charge in [-0.15, -0.1) is 0 Å². The molecular weight excluding hydrogens is 398 g/mol. The first-order valence-electron chi connectivity index (χ1n) is 10.7. The number of amides is 3. The van der Waals surface area contributed by atoms with Gasteiger partial charge in [-0.3, -0.25) is 14.4 Å². The molecular formula is C23H35N3O5. The Bertz CT molecular complexity index is 708. The second-order valence-corrected chi connectivity index (χ2v) is 7.94. The number of esters is 1. The van der Waals surface area contributed by atoms with Crippen molar-refractivity contribution in [1.82, 2.24) is 16.0 Å². The number of nitrogens with one attached hydrogen (secondary N) is 3. The lowest BCUT2D eigenvalue weighted by molar-refractivity contribution is -0.145. The molecule has 1 aromatic carbocycles. The molecule has 0 aliphatic heterocycles. The van der Waals surface area contributed by atoms with Gasteiger partial charge in [-0.2, -0.15) is 0 Å². The van der Waals surface area contributed by atoms with E-state index in [0.717, 1.165) is 18.4 Å². The van der Waals surface area contributed by atoms with Gasteiger partial charge in [0, 0.05) is 6.42 Å².